The van der Waals surface area contributed by atoms with Crippen LogP contribution in [0.4, 0.5) is 0 Å². The number of furan rings is 1. The molecule has 4 rings (SSSR count). The third kappa shape index (κ3) is 3.59. The maximum Gasteiger partial charge on any atom is 0.264 e. The van der Waals surface area contributed by atoms with Gasteiger partial charge in [0, 0.05) is 38.8 Å². The van der Waals surface area contributed by atoms with Crippen molar-refractivity contribution in [2.75, 3.05) is 39.3 Å². The molecule has 2 saturated heterocycles. The maximum absolute atomic E-state index is 12.7. The smallest absolute Gasteiger partial charge is 0.264 e. The second-order valence-electron chi connectivity index (χ2n) is 6.38. The minimum Gasteiger partial charge on any atom is -0.463 e. The van der Waals surface area contributed by atoms with Gasteiger partial charge in [0.15, 0.2) is 0 Å². The summed E-state index contributed by atoms with van der Waals surface area (Å²) in [5, 5.41) is 3.23. The van der Waals surface area contributed by atoms with Crippen LogP contribution in [0.1, 0.15) is 16.6 Å². The number of carbonyl (C=O) groups excluding carboxylic acids is 2. The van der Waals surface area contributed by atoms with Crippen LogP contribution < -0.4 is 5.32 Å². The molecule has 26 heavy (non-hydrogen) atoms. The lowest BCUT2D eigenvalue weighted by atomic mass is 10.1. The van der Waals surface area contributed by atoms with Crippen LogP contribution in [0.3, 0.4) is 0 Å². The van der Waals surface area contributed by atoms with Crippen molar-refractivity contribution in [3.05, 3.63) is 23.3 Å². The number of amides is 2. The summed E-state index contributed by atoms with van der Waals surface area (Å²) in [4.78, 5) is 29.6. The van der Waals surface area contributed by atoms with Crippen LogP contribution in [0.15, 0.2) is 22.8 Å². The molecule has 0 radical (unpaired) electrons. The molecule has 142 valence electrons. The van der Waals surface area contributed by atoms with Crippen molar-refractivity contribution in [3.63, 3.8) is 0 Å². The predicted molar refractivity (Wildman–Crippen MR) is 101 cm³/mol. The molecule has 7 nitrogen and oxygen atoms in total. The molecule has 2 aromatic rings. The number of thiophene rings is 1. The molecule has 0 saturated carbocycles. The molecular weight excluding hydrogens is 378 g/mol. The fourth-order valence-electron chi connectivity index (χ4n) is 3.36. The number of nitrogens with zero attached hydrogens (tertiary/aromatic N) is 2. The summed E-state index contributed by atoms with van der Waals surface area (Å²) in [6.07, 6.45) is 1.51. The Balaban J connectivity index is 0.00000196. The fourth-order valence-corrected chi connectivity index (χ4v) is 4.31. The lowest BCUT2D eigenvalue weighted by Crippen LogP contribution is -2.60. The molecule has 2 aliphatic rings. The van der Waals surface area contributed by atoms with Gasteiger partial charge < -0.3 is 24.3 Å². The van der Waals surface area contributed by atoms with E-state index in [-0.39, 0.29) is 36.4 Å². The van der Waals surface area contributed by atoms with Gasteiger partial charge in [-0.25, -0.2) is 0 Å². The van der Waals surface area contributed by atoms with Crippen molar-refractivity contribution in [2.45, 2.75) is 19.1 Å². The number of ether oxygens (including phenoxy) is 1. The summed E-state index contributed by atoms with van der Waals surface area (Å²) in [5.74, 6) is 0.0731. The zero-order valence-corrected chi connectivity index (χ0v) is 16.1. The van der Waals surface area contributed by atoms with E-state index in [1.165, 1.54) is 11.3 Å². The average molecular weight is 400 g/mol. The molecule has 0 aliphatic carbocycles. The molecule has 1 N–H and O–H groups in total. The van der Waals surface area contributed by atoms with Crippen LogP contribution in [0, 0.1) is 0 Å². The first kappa shape index (κ1) is 19.2. The molecule has 0 unspecified atom stereocenters. The highest BCUT2D eigenvalue weighted by Gasteiger charge is 2.34. The Morgan fingerprint density at radius 2 is 1.96 bits per heavy atom. The van der Waals surface area contributed by atoms with Crippen LogP contribution >= 0.6 is 23.7 Å². The van der Waals surface area contributed by atoms with E-state index in [0.29, 0.717) is 44.2 Å². The second kappa shape index (κ2) is 7.96. The van der Waals surface area contributed by atoms with Crippen molar-refractivity contribution in [1.29, 1.82) is 0 Å². The first-order valence-corrected chi connectivity index (χ1v) is 9.35. The van der Waals surface area contributed by atoms with E-state index in [1.807, 2.05) is 22.8 Å². The van der Waals surface area contributed by atoms with E-state index in [0.717, 1.165) is 10.3 Å². The van der Waals surface area contributed by atoms with Gasteiger partial charge in [-0.05, 0) is 13.0 Å². The summed E-state index contributed by atoms with van der Waals surface area (Å²) in [7, 11) is 0. The summed E-state index contributed by atoms with van der Waals surface area (Å²) in [6, 6.07) is 3.37. The van der Waals surface area contributed by atoms with Crippen molar-refractivity contribution in [2.24, 2.45) is 0 Å². The van der Waals surface area contributed by atoms with E-state index in [2.05, 4.69) is 5.32 Å². The number of rotatable bonds is 2. The van der Waals surface area contributed by atoms with Gasteiger partial charge in [-0.3, -0.25) is 9.59 Å². The largest absolute Gasteiger partial charge is 0.463 e. The van der Waals surface area contributed by atoms with Crippen molar-refractivity contribution in [3.8, 4) is 0 Å². The molecule has 4 heterocycles. The van der Waals surface area contributed by atoms with Gasteiger partial charge in [0.1, 0.15) is 11.6 Å². The molecule has 0 bridgehead atoms. The number of hydrogen-bond donors (Lipinski definition) is 1. The number of morpholine rings is 1. The standard InChI is InChI=1S/C17H21N3O4S.ClH/c1-11-15(18-3-9-23-11)17(22)20-6-4-19(5-7-20)16(21)14-10-12-13(25-14)2-8-24-12;/h2,8,10-11,15,18H,3-7,9H2,1H3;1H/t11-,15+;/m1./s1. The Labute approximate surface area is 161 Å². The van der Waals surface area contributed by atoms with E-state index in [9.17, 15) is 9.59 Å². The van der Waals surface area contributed by atoms with E-state index < -0.39 is 0 Å². The highest BCUT2D eigenvalue weighted by Crippen LogP contribution is 2.27. The quantitative estimate of drug-likeness (QED) is 0.829. The Kier molecular flexibility index (Phi) is 5.86. The van der Waals surface area contributed by atoms with Crippen LogP contribution in [-0.2, 0) is 9.53 Å². The normalized spacial score (nSPS) is 23.7. The van der Waals surface area contributed by atoms with Crippen molar-refractivity contribution in [1.82, 2.24) is 15.1 Å². The third-order valence-electron chi connectivity index (χ3n) is 4.81. The molecule has 0 spiro atoms. The summed E-state index contributed by atoms with van der Waals surface area (Å²) in [6.45, 7) is 5.45. The first-order chi connectivity index (χ1) is 12.1. The van der Waals surface area contributed by atoms with Crippen molar-refractivity contribution >= 4 is 45.8 Å². The van der Waals surface area contributed by atoms with Gasteiger partial charge >= 0.3 is 0 Å². The molecule has 2 aliphatic heterocycles. The Morgan fingerprint density at radius 1 is 1.23 bits per heavy atom. The van der Waals surface area contributed by atoms with Crippen molar-refractivity contribution < 1.29 is 18.7 Å². The van der Waals surface area contributed by atoms with Crippen LogP contribution in [-0.4, -0.2) is 73.1 Å². The highest BCUT2D eigenvalue weighted by molar-refractivity contribution is 7.20. The number of carbonyl (C=O) groups is 2. The van der Waals surface area contributed by atoms with E-state index in [1.54, 1.807) is 12.3 Å². The first-order valence-electron chi connectivity index (χ1n) is 8.53. The summed E-state index contributed by atoms with van der Waals surface area (Å²) >= 11 is 1.44. The molecular formula is C17H22ClN3O4S. The Bertz CT molecular complexity index is 755. The number of nitrogens with one attached hydrogen (secondary N) is 1. The lowest BCUT2D eigenvalue weighted by molar-refractivity contribution is -0.140. The summed E-state index contributed by atoms with van der Waals surface area (Å²) in [5.41, 5.74) is 0.750. The molecule has 0 aromatic carbocycles. The van der Waals surface area contributed by atoms with Gasteiger partial charge in [0.2, 0.25) is 5.91 Å². The van der Waals surface area contributed by atoms with E-state index in [4.69, 9.17) is 9.15 Å². The number of hydrogen-bond acceptors (Lipinski definition) is 6. The van der Waals surface area contributed by atoms with E-state index >= 15 is 0 Å². The maximum atomic E-state index is 12.7. The van der Waals surface area contributed by atoms with Gasteiger partial charge in [0.05, 0.1) is 28.6 Å². The zero-order valence-electron chi connectivity index (χ0n) is 14.5. The minimum atomic E-state index is -0.291. The fraction of sp³-hybridized carbons (Fsp3) is 0.529. The van der Waals surface area contributed by atoms with Gasteiger partial charge in [0.25, 0.3) is 5.91 Å². The number of halogens is 1. The Morgan fingerprint density at radius 3 is 2.65 bits per heavy atom. The number of piperazine rings is 1. The zero-order chi connectivity index (χ0) is 17.4. The molecule has 9 heteroatoms. The molecule has 2 fully saturated rings. The van der Waals surface area contributed by atoms with Gasteiger partial charge in [-0.15, -0.1) is 23.7 Å². The Hall–Kier alpha value is -1.61. The van der Waals surface area contributed by atoms with Gasteiger partial charge in [-0.1, -0.05) is 0 Å². The third-order valence-corrected chi connectivity index (χ3v) is 5.88. The van der Waals surface area contributed by atoms with Crippen LogP contribution in [0.2, 0.25) is 0 Å². The summed E-state index contributed by atoms with van der Waals surface area (Å²) < 4.78 is 11.9. The number of fused-ring (bicyclic) bond motifs is 1. The van der Waals surface area contributed by atoms with Gasteiger partial charge in [-0.2, -0.15) is 0 Å². The molecule has 2 aromatic heterocycles. The van der Waals surface area contributed by atoms with Crippen LogP contribution in [0.5, 0.6) is 0 Å². The minimum absolute atomic E-state index is 0. The van der Waals surface area contributed by atoms with Crippen LogP contribution in [0.25, 0.3) is 10.3 Å². The molecule has 2 atom stereocenters. The average Bonchev–Trinajstić information content (AvgIpc) is 3.23. The molecule has 2 amide bonds. The predicted octanol–water partition coefficient (Wildman–Crippen LogP) is 1.58. The SMILES string of the molecule is C[C@H]1OCCN[C@@H]1C(=O)N1CCN(C(=O)c2cc3occc3s2)CC1.Cl. The second-order valence-corrected chi connectivity index (χ2v) is 7.47. The highest BCUT2D eigenvalue weighted by atomic mass is 35.5. The topological polar surface area (TPSA) is 75.0 Å². The monoisotopic (exact) mass is 399 g/mol. The lowest BCUT2D eigenvalue weighted by Gasteiger charge is -2.38.